The highest BCUT2D eigenvalue weighted by atomic mass is 35.5. The van der Waals surface area contributed by atoms with Crippen molar-refractivity contribution < 1.29 is 9.53 Å². The molecule has 0 aromatic heterocycles. The van der Waals surface area contributed by atoms with Crippen LogP contribution in [0.3, 0.4) is 0 Å². The molecule has 5 nitrogen and oxygen atoms in total. The first-order chi connectivity index (χ1) is 14.2. The van der Waals surface area contributed by atoms with Crippen LogP contribution in [0.25, 0.3) is 0 Å². The van der Waals surface area contributed by atoms with Gasteiger partial charge in [0.1, 0.15) is 5.75 Å². The smallest absolute Gasteiger partial charge is 0.262 e. The molecule has 2 aromatic rings. The van der Waals surface area contributed by atoms with Gasteiger partial charge in [-0.1, -0.05) is 25.4 Å². The topological polar surface area (TPSA) is 44.8 Å². The standard InChI is InChI=1S/C24H32ClN3O2/c1-16(2)20-14-21(25)17(3)13-23(20)30-15-24(29)26-19-6-7-22(18(4)12-19)28-10-8-27(5)9-11-28/h6-7,12-14,16H,8-11,15H2,1-5H3,(H,26,29). The summed E-state index contributed by atoms with van der Waals surface area (Å²) in [6.07, 6.45) is 0. The highest BCUT2D eigenvalue weighted by molar-refractivity contribution is 6.31. The van der Waals surface area contributed by atoms with Gasteiger partial charge in [-0.2, -0.15) is 0 Å². The minimum atomic E-state index is -0.177. The van der Waals surface area contributed by atoms with Gasteiger partial charge >= 0.3 is 0 Å². The highest BCUT2D eigenvalue weighted by Gasteiger charge is 2.17. The lowest BCUT2D eigenvalue weighted by atomic mass is 10.0. The van der Waals surface area contributed by atoms with E-state index in [9.17, 15) is 4.79 Å². The Kier molecular flexibility index (Phi) is 7.27. The SMILES string of the molecule is Cc1cc(OCC(=O)Nc2ccc(N3CCN(C)CC3)c(C)c2)c(C(C)C)cc1Cl. The zero-order valence-corrected chi connectivity index (χ0v) is 19.3. The van der Waals surface area contributed by atoms with Crippen LogP contribution >= 0.6 is 11.6 Å². The Hall–Kier alpha value is -2.24. The minimum Gasteiger partial charge on any atom is -0.483 e. The van der Waals surface area contributed by atoms with Crippen molar-refractivity contribution in [3.63, 3.8) is 0 Å². The number of halogens is 1. The number of rotatable bonds is 6. The first kappa shape index (κ1) is 22.4. The number of ether oxygens (including phenoxy) is 1. The van der Waals surface area contributed by atoms with Gasteiger partial charge in [0.05, 0.1) is 0 Å². The highest BCUT2D eigenvalue weighted by Crippen LogP contribution is 2.32. The number of nitrogens with one attached hydrogen (secondary N) is 1. The average Bonchev–Trinajstić information content (AvgIpc) is 2.69. The predicted octanol–water partition coefficient (Wildman–Crippen LogP) is 4.85. The van der Waals surface area contributed by atoms with Crippen LogP contribution in [0, 0.1) is 13.8 Å². The summed E-state index contributed by atoms with van der Waals surface area (Å²) < 4.78 is 5.84. The zero-order valence-electron chi connectivity index (χ0n) is 18.6. The van der Waals surface area contributed by atoms with Crippen LogP contribution in [0.1, 0.15) is 36.5 Å². The number of anilines is 2. The lowest BCUT2D eigenvalue weighted by Crippen LogP contribution is -2.44. The van der Waals surface area contributed by atoms with E-state index in [1.807, 2.05) is 31.2 Å². The van der Waals surface area contributed by atoms with Gasteiger partial charge in [0, 0.05) is 42.6 Å². The van der Waals surface area contributed by atoms with E-state index in [1.54, 1.807) is 0 Å². The van der Waals surface area contributed by atoms with E-state index in [2.05, 4.69) is 49.0 Å². The molecule has 1 heterocycles. The summed E-state index contributed by atoms with van der Waals surface area (Å²) in [5.41, 5.74) is 5.12. The Morgan fingerprint density at radius 3 is 2.43 bits per heavy atom. The molecule has 0 spiro atoms. The minimum absolute atomic E-state index is 0.0416. The molecule has 1 fully saturated rings. The van der Waals surface area contributed by atoms with Crippen LogP contribution < -0.4 is 15.0 Å². The van der Waals surface area contributed by atoms with Gasteiger partial charge in [0.15, 0.2) is 6.61 Å². The molecule has 1 aliphatic heterocycles. The Bertz CT molecular complexity index is 906. The molecule has 0 aliphatic carbocycles. The number of carbonyl (C=O) groups excluding carboxylic acids is 1. The first-order valence-electron chi connectivity index (χ1n) is 10.5. The number of aryl methyl sites for hydroxylation is 2. The van der Waals surface area contributed by atoms with Gasteiger partial charge in [-0.25, -0.2) is 0 Å². The third kappa shape index (κ3) is 5.46. The van der Waals surface area contributed by atoms with Crippen LogP contribution in [0.2, 0.25) is 5.02 Å². The summed E-state index contributed by atoms with van der Waals surface area (Å²) in [7, 11) is 2.15. The van der Waals surface area contributed by atoms with Gasteiger partial charge < -0.3 is 19.9 Å². The van der Waals surface area contributed by atoms with Gasteiger partial charge in [-0.05, 0) is 73.8 Å². The summed E-state index contributed by atoms with van der Waals surface area (Å²) in [5, 5.41) is 3.66. The van der Waals surface area contributed by atoms with Gasteiger partial charge in [-0.3, -0.25) is 4.79 Å². The quantitative estimate of drug-likeness (QED) is 0.712. The van der Waals surface area contributed by atoms with Crippen molar-refractivity contribution in [3.05, 3.63) is 52.0 Å². The molecule has 162 valence electrons. The predicted molar refractivity (Wildman–Crippen MR) is 125 cm³/mol. The molecular formula is C24H32ClN3O2. The fourth-order valence-corrected chi connectivity index (χ4v) is 3.89. The number of amides is 1. The molecule has 30 heavy (non-hydrogen) atoms. The van der Waals surface area contributed by atoms with E-state index in [4.69, 9.17) is 16.3 Å². The summed E-state index contributed by atoms with van der Waals surface area (Å²) in [5.74, 6) is 0.790. The average molecular weight is 430 g/mol. The van der Waals surface area contributed by atoms with Crippen LogP contribution in [0.5, 0.6) is 5.75 Å². The number of likely N-dealkylation sites (N-methyl/N-ethyl adjacent to an activating group) is 1. The van der Waals surface area contributed by atoms with Gasteiger partial charge in [0.2, 0.25) is 0 Å². The molecule has 0 radical (unpaired) electrons. The first-order valence-corrected chi connectivity index (χ1v) is 10.9. The second-order valence-electron chi connectivity index (χ2n) is 8.42. The normalized spacial score (nSPS) is 14.8. The number of carbonyl (C=O) groups is 1. The number of piperazine rings is 1. The van der Waals surface area contributed by atoms with Gasteiger partial charge in [0.25, 0.3) is 5.91 Å². The molecule has 1 saturated heterocycles. The van der Waals surface area contributed by atoms with Crippen LogP contribution in [0.4, 0.5) is 11.4 Å². The Balaban J connectivity index is 1.62. The van der Waals surface area contributed by atoms with Crippen molar-refractivity contribution in [1.29, 1.82) is 0 Å². The molecule has 2 aromatic carbocycles. The molecule has 0 bridgehead atoms. The molecule has 1 N–H and O–H groups in total. The van der Waals surface area contributed by atoms with Crippen molar-refractivity contribution in [2.75, 3.05) is 50.1 Å². The van der Waals surface area contributed by atoms with E-state index in [0.29, 0.717) is 10.8 Å². The molecule has 1 aliphatic rings. The largest absolute Gasteiger partial charge is 0.483 e. The van der Waals surface area contributed by atoms with Crippen LogP contribution in [-0.2, 0) is 4.79 Å². The van der Waals surface area contributed by atoms with Crippen molar-refractivity contribution in [1.82, 2.24) is 4.90 Å². The maximum Gasteiger partial charge on any atom is 0.262 e. The van der Waals surface area contributed by atoms with Crippen molar-refractivity contribution >= 4 is 28.9 Å². The fraction of sp³-hybridized carbons (Fsp3) is 0.458. The second kappa shape index (κ2) is 9.71. The molecular weight excluding hydrogens is 398 g/mol. The third-order valence-electron chi connectivity index (χ3n) is 5.60. The van der Waals surface area contributed by atoms with E-state index >= 15 is 0 Å². The van der Waals surface area contributed by atoms with E-state index in [0.717, 1.165) is 48.6 Å². The lowest BCUT2D eigenvalue weighted by Gasteiger charge is -2.35. The molecule has 3 rings (SSSR count). The van der Waals surface area contributed by atoms with Crippen molar-refractivity contribution in [2.45, 2.75) is 33.6 Å². The lowest BCUT2D eigenvalue weighted by molar-refractivity contribution is -0.118. The fourth-order valence-electron chi connectivity index (χ4n) is 3.72. The summed E-state index contributed by atoms with van der Waals surface area (Å²) >= 11 is 6.25. The number of benzene rings is 2. The second-order valence-corrected chi connectivity index (χ2v) is 8.83. The Labute approximate surface area is 185 Å². The van der Waals surface area contributed by atoms with Crippen molar-refractivity contribution in [2.24, 2.45) is 0 Å². The molecule has 0 atom stereocenters. The number of hydrogen-bond acceptors (Lipinski definition) is 4. The summed E-state index contributed by atoms with van der Waals surface area (Å²) in [4.78, 5) is 17.2. The monoisotopic (exact) mass is 429 g/mol. The number of nitrogens with zero attached hydrogens (tertiary/aromatic N) is 2. The van der Waals surface area contributed by atoms with Crippen molar-refractivity contribution in [3.8, 4) is 5.75 Å². The maximum atomic E-state index is 12.5. The number of hydrogen-bond donors (Lipinski definition) is 1. The summed E-state index contributed by atoms with van der Waals surface area (Å²) in [6.45, 7) is 12.3. The Morgan fingerprint density at radius 2 is 1.80 bits per heavy atom. The molecule has 1 amide bonds. The van der Waals surface area contributed by atoms with E-state index in [-0.39, 0.29) is 18.4 Å². The third-order valence-corrected chi connectivity index (χ3v) is 6.00. The summed E-state index contributed by atoms with van der Waals surface area (Å²) in [6, 6.07) is 9.91. The molecule has 6 heteroatoms. The maximum absolute atomic E-state index is 12.5. The molecule has 0 unspecified atom stereocenters. The Morgan fingerprint density at radius 1 is 1.10 bits per heavy atom. The molecule has 0 saturated carbocycles. The van der Waals surface area contributed by atoms with Crippen LogP contribution in [-0.4, -0.2) is 50.6 Å². The van der Waals surface area contributed by atoms with E-state index < -0.39 is 0 Å². The van der Waals surface area contributed by atoms with Gasteiger partial charge in [-0.15, -0.1) is 0 Å². The zero-order chi connectivity index (χ0) is 21.8. The van der Waals surface area contributed by atoms with Crippen LogP contribution in [0.15, 0.2) is 30.3 Å². The van der Waals surface area contributed by atoms with E-state index in [1.165, 1.54) is 5.69 Å².